The van der Waals surface area contributed by atoms with E-state index in [1.807, 2.05) is 19.0 Å². The summed E-state index contributed by atoms with van der Waals surface area (Å²) < 4.78 is 67.9. The van der Waals surface area contributed by atoms with Crippen LogP contribution in [-0.2, 0) is 47.4 Å². The number of carbonyl (C=O) groups excluding carboxylic acids is 2. The summed E-state index contributed by atoms with van der Waals surface area (Å²) in [7, 11) is 9.83. The number of hydrogen-bond donors (Lipinski definition) is 7. The molecule has 6 aromatic rings. The summed E-state index contributed by atoms with van der Waals surface area (Å²) >= 11 is 0. The number of rotatable bonds is 15. The van der Waals surface area contributed by atoms with Crippen LogP contribution in [-0.4, -0.2) is 212 Å². The predicted octanol–water partition coefficient (Wildman–Crippen LogP) is 2.25. The first kappa shape index (κ1) is 69.7. The average molecular weight is 1350 g/mol. The molecule has 21 atom stereocenters. The maximum atomic E-state index is 17.9. The SMILES string of the molecule is CC[C@@]1(O[C@H]2C[C@H](OC)[C@@H](O)[C@H](C)O2)[C@H](O[C@@H]2C[C@H](O)[C@@H](N(C)C)[C@H](C)O2)c2c(c3c(O)c4c(=O)ccc(=O)c4c(O)c3c2=[N+]=[N-])C(=O)[C@@H]1[C@H]1C(=O)c2c(c(=[N+]=[N-])c3c(O)c4c(=O)ccc(=O)c4c(O)c23)[C@@H](O[C@@H]2CC[C@@H](N(C)C)[C@H](C)O2)[C@@]1(CC)O[C@H]1C[C@H](OC)[C@@H](O)[C@H](C)O1. The average Bonchev–Trinajstić information content (AvgIpc) is 1.35. The number of benzene rings is 4. The lowest BCUT2D eigenvalue weighted by Gasteiger charge is -2.58. The molecule has 2 aliphatic carbocycles. The summed E-state index contributed by atoms with van der Waals surface area (Å²) in [6.07, 6.45) is -21.2. The van der Waals surface area contributed by atoms with Gasteiger partial charge in [0, 0.05) is 61.4 Å². The van der Waals surface area contributed by atoms with Crippen molar-refractivity contribution >= 4 is 54.7 Å². The second-order valence-electron chi connectivity index (χ2n) is 27.0. The van der Waals surface area contributed by atoms with Crippen LogP contribution in [0.25, 0.3) is 54.2 Å². The highest BCUT2D eigenvalue weighted by molar-refractivity contribution is 6.25. The highest BCUT2D eigenvalue weighted by atomic mass is 16.7. The van der Waals surface area contributed by atoms with Crippen LogP contribution in [0.1, 0.15) is 131 Å². The maximum Gasteiger partial charge on any atom is 0.333 e. The number of methoxy groups -OCH3 is 2. The van der Waals surface area contributed by atoms with Gasteiger partial charge in [-0.25, -0.2) is 0 Å². The molecule has 0 unspecified atom stereocenters. The molecular weight excluding hydrogens is 1270 g/mol. The van der Waals surface area contributed by atoms with Crippen molar-refractivity contribution in [3.63, 3.8) is 0 Å². The molecule has 12 rings (SSSR count). The summed E-state index contributed by atoms with van der Waals surface area (Å²) in [6.45, 7) is 9.61. The number of ether oxygens (including phenoxy) is 10. The Bertz CT molecular complexity index is 4560. The van der Waals surface area contributed by atoms with E-state index in [2.05, 4.69) is 9.58 Å². The summed E-state index contributed by atoms with van der Waals surface area (Å²) in [5.74, 6) is -11.2. The van der Waals surface area contributed by atoms with Crippen molar-refractivity contribution in [2.75, 3.05) is 42.4 Å². The molecule has 29 heteroatoms. The number of ketones is 2. The Hall–Kier alpha value is -7.22. The number of phenols is 4. The minimum Gasteiger partial charge on any atom is -0.506 e. The van der Waals surface area contributed by atoms with Crippen LogP contribution in [0.5, 0.6) is 23.0 Å². The molecule has 520 valence electrons. The normalized spacial score (nSPS) is 34.8. The molecule has 4 fully saturated rings. The minimum absolute atomic E-state index is 0.0990. The lowest BCUT2D eigenvalue weighted by atomic mass is 9.55. The molecule has 7 N–H and O–H groups in total. The van der Waals surface area contributed by atoms with Crippen LogP contribution >= 0.6 is 0 Å². The molecule has 0 aromatic heterocycles. The third kappa shape index (κ3) is 10.5. The van der Waals surface area contributed by atoms with Crippen molar-refractivity contribution in [3.8, 4) is 23.0 Å². The zero-order chi connectivity index (χ0) is 70.2. The predicted molar refractivity (Wildman–Crippen MR) is 339 cm³/mol. The summed E-state index contributed by atoms with van der Waals surface area (Å²) in [4.78, 5) is 103. The molecule has 4 saturated heterocycles. The second kappa shape index (κ2) is 25.8. The van der Waals surface area contributed by atoms with E-state index in [1.54, 1.807) is 39.8 Å². The number of aliphatic hydroxyl groups is 3. The number of aliphatic hydroxyl groups excluding tert-OH is 3. The van der Waals surface area contributed by atoms with E-state index < -0.39 is 267 Å². The van der Waals surface area contributed by atoms with Crippen LogP contribution in [0.15, 0.2) is 43.4 Å². The fourth-order valence-electron chi connectivity index (χ4n) is 17.1. The van der Waals surface area contributed by atoms with Gasteiger partial charge < -0.3 is 104 Å². The molecule has 0 radical (unpaired) electrons. The molecule has 6 aromatic carbocycles. The van der Waals surface area contributed by atoms with Crippen LogP contribution in [0.3, 0.4) is 0 Å². The molecule has 4 heterocycles. The Morgan fingerprint density at radius 2 is 0.876 bits per heavy atom. The standard InChI is InChI=1S/C68H80N6O23/c1-13-67(96-38-22-34(88-11)57(80)26(5)92-38)52(63(86)46-44-48(61(84)42-31(77)18-16-29(75)40(42)59(44)82)54(71-69)50(46)65(67)94-36-20-15-28(73(7)8)24(3)90-36)53-64(87)47-45-49(62(85)43-32(78)19-17-30(76)41(43)60(45)83)55(72-70)51(47)66(95-37-21-33(79)56(74(9)10)25(4)91-37)68(53,14-2)97-39-23-35(89-12)58(81)27(6)93-39/h16-19,24-28,33-39,52-53,56-58,65-66,79-85H,13-15,20-23H2,1-12H3/t24-,25-,26-,27-,28+,33-,34-,35-,36+,37+,38-,39-,52-,53-,56-,57-,58-,65+,66+,67-,68-/m0/s1. The Kier molecular flexibility index (Phi) is 18.5. The summed E-state index contributed by atoms with van der Waals surface area (Å²) in [5.41, 5.74) is 11.9. The third-order valence-electron chi connectivity index (χ3n) is 21.6. The minimum atomic E-state index is -2.62. The Morgan fingerprint density at radius 3 is 1.22 bits per heavy atom. The van der Waals surface area contributed by atoms with Crippen molar-refractivity contribution in [1.29, 1.82) is 0 Å². The molecule has 6 aliphatic rings. The van der Waals surface area contributed by atoms with Gasteiger partial charge in [-0.3, -0.25) is 28.8 Å². The number of aromatic hydroxyl groups is 4. The van der Waals surface area contributed by atoms with Gasteiger partial charge in [0.2, 0.25) is 0 Å². The number of fused-ring (bicyclic) bond motifs is 8. The molecule has 4 aliphatic heterocycles. The Labute approximate surface area is 553 Å². The van der Waals surface area contributed by atoms with Gasteiger partial charge in [0.05, 0.1) is 93.3 Å². The van der Waals surface area contributed by atoms with E-state index in [0.29, 0.717) is 6.42 Å². The monoisotopic (exact) mass is 1350 g/mol. The molecule has 0 saturated carbocycles. The number of nitrogens with zero attached hydrogens (tertiary/aromatic N) is 6. The first-order valence-corrected chi connectivity index (χ1v) is 32.5. The van der Waals surface area contributed by atoms with E-state index in [4.69, 9.17) is 47.4 Å². The summed E-state index contributed by atoms with van der Waals surface area (Å²) in [6, 6.07) is 2.52. The number of phenolic OH excluding ortho intramolecular Hbond substituents is 4. The van der Waals surface area contributed by atoms with Gasteiger partial charge in [-0.2, -0.15) is 9.58 Å². The third-order valence-corrected chi connectivity index (χ3v) is 21.6. The number of Topliss-reactive ketones (excluding diaryl/α,β-unsaturated/α-hetero) is 2. The topological polar surface area (TPSA) is 416 Å². The van der Waals surface area contributed by atoms with Gasteiger partial charge in [0.15, 0.2) is 58.4 Å². The fraction of sp³-hybridized carbons (Fsp3) is 0.588. The van der Waals surface area contributed by atoms with Gasteiger partial charge in [-0.1, -0.05) is 13.8 Å². The van der Waals surface area contributed by atoms with Crippen molar-refractivity contribution in [1.82, 2.24) is 9.80 Å². The van der Waals surface area contributed by atoms with Crippen LogP contribution in [0, 0.1) is 11.8 Å². The molecule has 29 nitrogen and oxygen atoms in total. The van der Waals surface area contributed by atoms with Gasteiger partial charge in [-0.15, -0.1) is 0 Å². The molecule has 97 heavy (non-hydrogen) atoms. The lowest BCUT2D eigenvalue weighted by Crippen LogP contribution is -2.68. The quantitative estimate of drug-likeness (QED) is 0.0440. The van der Waals surface area contributed by atoms with E-state index in [1.165, 1.54) is 35.0 Å². The zero-order valence-electron chi connectivity index (χ0n) is 55.6. The maximum absolute atomic E-state index is 17.9. The van der Waals surface area contributed by atoms with Crippen molar-refractivity contribution in [2.24, 2.45) is 11.8 Å². The molecule has 0 bridgehead atoms. The lowest BCUT2D eigenvalue weighted by molar-refractivity contribution is -0.351. The molecular formula is C68H80N6O23. The first-order chi connectivity index (χ1) is 46.0. The van der Waals surface area contributed by atoms with Crippen molar-refractivity contribution < 1.29 is 102 Å². The number of likely N-dealkylation sites (N-methyl/N-ethyl adjacent to an activating group) is 2. The van der Waals surface area contributed by atoms with E-state index in [0.717, 1.165) is 24.3 Å². The van der Waals surface area contributed by atoms with Gasteiger partial charge in [0.1, 0.15) is 69.4 Å². The van der Waals surface area contributed by atoms with Crippen LogP contribution in [0.4, 0.5) is 0 Å². The van der Waals surface area contributed by atoms with Crippen molar-refractivity contribution in [3.05, 3.63) is 109 Å². The molecule has 0 spiro atoms. The highest BCUT2D eigenvalue weighted by Crippen LogP contribution is 2.63. The smallest absolute Gasteiger partial charge is 0.333 e. The zero-order valence-corrected chi connectivity index (χ0v) is 55.6. The largest absolute Gasteiger partial charge is 0.506 e. The second-order valence-corrected chi connectivity index (χ2v) is 27.0. The molecule has 0 amide bonds. The van der Waals surface area contributed by atoms with E-state index >= 15 is 9.59 Å². The van der Waals surface area contributed by atoms with Gasteiger partial charge in [0.25, 0.3) is 0 Å². The van der Waals surface area contributed by atoms with Crippen molar-refractivity contribution in [2.45, 2.75) is 202 Å². The highest BCUT2D eigenvalue weighted by Gasteiger charge is 2.71. The van der Waals surface area contributed by atoms with Gasteiger partial charge >= 0.3 is 10.7 Å². The van der Waals surface area contributed by atoms with Crippen LogP contribution in [0.2, 0.25) is 0 Å². The fourth-order valence-corrected chi connectivity index (χ4v) is 17.1. The van der Waals surface area contributed by atoms with Crippen LogP contribution < -0.4 is 32.4 Å². The number of carbonyl (C=O) groups is 2. The van der Waals surface area contributed by atoms with E-state index in [9.17, 15) is 66.0 Å². The number of hydrogen-bond acceptors (Lipinski definition) is 25. The van der Waals surface area contributed by atoms with Gasteiger partial charge in [-0.05, 0) is 106 Å². The van der Waals surface area contributed by atoms with E-state index in [-0.39, 0.29) is 31.7 Å². The summed E-state index contributed by atoms with van der Waals surface area (Å²) in [5, 5.41) is 79.1. The first-order valence-electron chi connectivity index (χ1n) is 32.5. The Morgan fingerprint density at radius 1 is 0.505 bits per heavy atom. The Balaban J connectivity index is 1.27.